The molecular weight excluding hydrogens is 633 g/mol. The van der Waals surface area contributed by atoms with Crippen LogP contribution in [0.4, 0.5) is 0 Å². The van der Waals surface area contributed by atoms with Crippen LogP contribution in [-0.4, -0.2) is 0 Å². The standard InChI is InChI=1S/C50H30S/c1-2-12-31(13-3-1)45-28-29-46(51-45)33-16-8-17-34(30-33)48-35-18-4-6-20-39(35)49(40-21-7-5-19-36(40)48)44-27-26-43-38-23-10-15-32-14-9-22-37(47(32)38)41-24-11-25-42(44)50(41)43/h1-30H. The highest BCUT2D eigenvalue weighted by molar-refractivity contribution is 7.18. The van der Waals surface area contributed by atoms with E-state index in [1.165, 1.54) is 108 Å². The second-order valence-electron chi connectivity index (χ2n) is 13.5. The van der Waals surface area contributed by atoms with Crippen LogP contribution in [0.5, 0.6) is 0 Å². The SMILES string of the molecule is c1ccc(-c2ccc(-c3cccc(-c4c5ccccc5c(-c5ccc6c7cccc8cccc(c9cccc5c96)c87)c5ccccc45)c3)s2)cc1. The van der Waals surface area contributed by atoms with E-state index in [2.05, 4.69) is 182 Å². The third kappa shape index (κ3) is 4.26. The van der Waals surface area contributed by atoms with E-state index in [-0.39, 0.29) is 0 Å². The second kappa shape index (κ2) is 11.1. The molecule has 11 aromatic rings. The number of fused-ring (bicyclic) bond motifs is 4. The van der Waals surface area contributed by atoms with E-state index in [0.29, 0.717) is 0 Å². The van der Waals surface area contributed by atoms with Crippen molar-refractivity contribution < 1.29 is 0 Å². The van der Waals surface area contributed by atoms with Crippen LogP contribution in [-0.2, 0) is 0 Å². The van der Waals surface area contributed by atoms with Crippen molar-refractivity contribution in [3.8, 4) is 43.1 Å². The lowest BCUT2D eigenvalue weighted by Crippen LogP contribution is -1.93. The first-order valence-electron chi connectivity index (χ1n) is 17.6. The van der Waals surface area contributed by atoms with Crippen LogP contribution >= 0.6 is 11.3 Å². The largest absolute Gasteiger partial charge is 0.135 e. The molecule has 0 fully saturated rings. The maximum atomic E-state index is 2.38. The summed E-state index contributed by atoms with van der Waals surface area (Å²) in [5.41, 5.74) is 7.61. The van der Waals surface area contributed by atoms with Crippen molar-refractivity contribution in [3.05, 3.63) is 182 Å². The van der Waals surface area contributed by atoms with Gasteiger partial charge in [-0.3, -0.25) is 0 Å². The molecule has 0 saturated carbocycles. The monoisotopic (exact) mass is 662 g/mol. The number of rotatable bonds is 4. The summed E-state index contributed by atoms with van der Waals surface area (Å²) in [5, 5.41) is 15.7. The van der Waals surface area contributed by atoms with Crippen LogP contribution < -0.4 is 0 Å². The van der Waals surface area contributed by atoms with Crippen LogP contribution in [0, 0.1) is 0 Å². The normalized spacial score (nSPS) is 11.9. The molecule has 11 rings (SSSR count). The Labute approximate surface area is 299 Å². The Morgan fingerprint density at radius 2 is 0.745 bits per heavy atom. The van der Waals surface area contributed by atoms with Gasteiger partial charge in [-0.05, 0) is 116 Å². The van der Waals surface area contributed by atoms with Gasteiger partial charge in [-0.2, -0.15) is 0 Å². The molecule has 0 bridgehead atoms. The van der Waals surface area contributed by atoms with Crippen molar-refractivity contribution >= 4 is 76.0 Å². The first-order valence-corrected chi connectivity index (χ1v) is 18.4. The van der Waals surface area contributed by atoms with Gasteiger partial charge in [0, 0.05) is 9.75 Å². The molecule has 1 aromatic heterocycles. The van der Waals surface area contributed by atoms with E-state index >= 15 is 0 Å². The molecule has 0 nitrogen and oxygen atoms in total. The Balaban J connectivity index is 1.17. The van der Waals surface area contributed by atoms with Gasteiger partial charge in [-0.25, -0.2) is 0 Å². The maximum Gasteiger partial charge on any atom is 0.0349 e. The lowest BCUT2D eigenvalue weighted by Gasteiger charge is -2.20. The highest BCUT2D eigenvalue weighted by Crippen LogP contribution is 2.48. The quantitative estimate of drug-likeness (QED) is 0.130. The van der Waals surface area contributed by atoms with Gasteiger partial charge in [-0.1, -0.05) is 164 Å². The fraction of sp³-hybridized carbons (Fsp3) is 0. The Bertz CT molecular complexity index is 3020. The minimum atomic E-state index is 1.24. The Morgan fingerprint density at radius 1 is 0.275 bits per heavy atom. The molecule has 0 unspecified atom stereocenters. The van der Waals surface area contributed by atoms with Crippen LogP contribution in [0.3, 0.4) is 0 Å². The number of benzene rings is 10. The number of hydrogen-bond donors (Lipinski definition) is 0. The topological polar surface area (TPSA) is 0 Å². The zero-order chi connectivity index (χ0) is 33.5. The average Bonchev–Trinajstić information content (AvgIpc) is 3.70. The summed E-state index contributed by atoms with van der Waals surface area (Å²) in [6.07, 6.45) is 0. The van der Waals surface area contributed by atoms with Gasteiger partial charge in [0.15, 0.2) is 0 Å². The Kier molecular flexibility index (Phi) is 6.22. The van der Waals surface area contributed by atoms with E-state index in [1.54, 1.807) is 0 Å². The van der Waals surface area contributed by atoms with Crippen LogP contribution in [0.15, 0.2) is 182 Å². The average molecular weight is 663 g/mol. The van der Waals surface area contributed by atoms with Gasteiger partial charge in [0.1, 0.15) is 0 Å². The van der Waals surface area contributed by atoms with Crippen LogP contribution in [0.25, 0.3) is 108 Å². The fourth-order valence-corrected chi connectivity index (χ4v) is 9.68. The predicted octanol–water partition coefficient (Wildman–Crippen LogP) is 14.8. The van der Waals surface area contributed by atoms with Crippen molar-refractivity contribution in [2.75, 3.05) is 0 Å². The molecule has 0 aliphatic carbocycles. The maximum absolute atomic E-state index is 2.38. The van der Waals surface area contributed by atoms with Gasteiger partial charge < -0.3 is 0 Å². The smallest absolute Gasteiger partial charge is 0.0349 e. The second-order valence-corrected chi connectivity index (χ2v) is 14.6. The summed E-state index contributed by atoms with van der Waals surface area (Å²) in [7, 11) is 0. The van der Waals surface area contributed by atoms with Gasteiger partial charge in [0.05, 0.1) is 0 Å². The molecule has 236 valence electrons. The Hall–Kier alpha value is -6.28. The Morgan fingerprint density at radius 3 is 1.43 bits per heavy atom. The molecule has 1 heterocycles. The van der Waals surface area contributed by atoms with Crippen LogP contribution in [0.2, 0.25) is 0 Å². The van der Waals surface area contributed by atoms with Crippen molar-refractivity contribution in [3.63, 3.8) is 0 Å². The fourth-order valence-electron chi connectivity index (χ4n) is 8.67. The molecule has 0 aliphatic heterocycles. The summed E-state index contributed by atoms with van der Waals surface area (Å²) in [6.45, 7) is 0. The zero-order valence-electron chi connectivity index (χ0n) is 27.7. The number of thiophene rings is 1. The summed E-state index contributed by atoms with van der Waals surface area (Å²) >= 11 is 1.85. The van der Waals surface area contributed by atoms with E-state index < -0.39 is 0 Å². The van der Waals surface area contributed by atoms with Crippen molar-refractivity contribution in [1.82, 2.24) is 0 Å². The summed E-state index contributed by atoms with van der Waals surface area (Å²) in [4.78, 5) is 2.57. The van der Waals surface area contributed by atoms with E-state index in [1.807, 2.05) is 11.3 Å². The molecule has 0 atom stereocenters. The lowest BCUT2D eigenvalue weighted by molar-refractivity contribution is 1.66. The highest BCUT2D eigenvalue weighted by atomic mass is 32.1. The zero-order valence-corrected chi connectivity index (χ0v) is 28.5. The third-order valence-corrected chi connectivity index (χ3v) is 12.0. The third-order valence-electron chi connectivity index (χ3n) is 10.8. The molecule has 0 saturated heterocycles. The summed E-state index contributed by atoms with van der Waals surface area (Å²) < 4.78 is 0. The molecule has 1 heteroatoms. The van der Waals surface area contributed by atoms with Crippen LogP contribution in [0.1, 0.15) is 0 Å². The van der Waals surface area contributed by atoms with Gasteiger partial charge in [0.2, 0.25) is 0 Å². The molecule has 0 amide bonds. The summed E-state index contributed by atoms with van der Waals surface area (Å²) in [6, 6.07) is 67.5. The number of hydrogen-bond acceptors (Lipinski definition) is 1. The van der Waals surface area contributed by atoms with Crippen molar-refractivity contribution in [1.29, 1.82) is 0 Å². The molecule has 10 aromatic carbocycles. The first kappa shape index (κ1) is 28.5. The highest BCUT2D eigenvalue weighted by Gasteiger charge is 2.20. The van der Waals surface area contributed by atoms with Gasteiger partial charge in [0.25, 0.3) is 0 Å². The minimum absolute atomic E-state index is 1.24. The molecule has 0 radical (unpaired) electrons. The first-order chi connectivity index (χ1) is 25.3. The molecular formula is C50H30S. The molecule has 0 N–H and O–H groups in total. The summed E-state index contributed by atoms with van der Waals surface area (Å²) in [5.74, 6) is 0. The van der Waals surface area contributed by atoms with Crippen molar-refractivity contribution in [2.24, 2.45) is 0 Å². The van der Waals surface area contributed by atoms with E-state index in [4.69, 9.17) is 0 Å². The molecule has 0 spiro atoms. The molecule has 0 aliphatic rings. The predicted molar refractivity (Wildman–Crippen MR) is 222 cm³/mol. The van der Waals surface area contributed by atoms with Crippen molar-refractivity contribution in [2.45, 2.75) is 0 Å². The van der Waals surface area contributed by atoms with E-state index in [9.17, 15) is 0 Å². The lowest BCUT2D eigenvalue weighted by atomic mass is 9.82. The van der Waals surface area contributed by atoms with Gasteiger partial charge in [-0.15, -0.1) is 11.3 Å². The van der Waals surface area contributed by atoms with Gasteiger partial charge >= 0.3 is 0 Å². The molecule has 51 heavy (non-hydrogen) atoms. The minimum Gasteiger partial charge on any atom is -0.135 e. The van der Waals surface area contributed by atoms with E-state index in [0.717, 1.165) is 0 Å².